The molecule has 144 valence electrons. The van der Waals surface area contributed by atoms with Crippen molar-refractivity contribution in [2.45, 2.75) is 6.42 Å². The molecule has 0 spiro atoms. The first-order valence-corrected chi connectivity index (χ1v) is 9.36. The van der Waals surface area contributed by atoms with E-state index < -0.39 is 12.0 Å². The lowest BCUT2D eigenvalue weighted by Gasteiger charge is -2.06. The van der Waals surface area contributed by atoms with Crippen LogP contribution in [0.5, 0.6) is 5.88 Å². The molecular formula is C18H15BrClN5O3. The Balaban J connectivity index is 1.54. The molecule has 0 atom stereocenters. The molecule has 0 radical (unpaired) electrons. The molecule has 3 rings (SSSR count). The Hall–Kier alpha value is -2.91. The van der Waals surface area contributed by atoms with Gasteiger partial charge in [0, 0.05) is 18.9 Å². The van der Waals surface area contributed by atoms with E-state index in [0.29, 0.717) is 28.0 Å². The number of hydrogen-bond donors (Lipinski definition) is 3. The Bertz CT molecular complexity index is 980. The topological polar surface area (TPSA) is 109 Å². The van der Waals surface area contributed by atoms with Crippen molar-refractivity contribution in [3.63, 3.8) is 0 Å². The predicted molar refractivity (Wildman–Crippen MR) is 108 cm³/mol. The molecule has 1 aromatic carbocycles. The molecule has 0 saturated carbocycles. The summed E-state index contributed by atoms with van der Waals surface area (Å²) >= 11 is 9.26. The van der Waals surface area contributed by atoms with E-state index in [1.165, 1.54) is 0 Å². The number of H-pyrrole nitrogens is 1. The van der Waals surface area contributed by atoms with Gasteiger partial charge in [0.05, 0.1) is 10.6 Å². The molecule has 8 nitrogen and oxygen atoms in total. The van der Waals surface area contributed by atoms with E-state index in [1.54, 1.807) is 36.7 Å². The van der Waals surface area contributed by atoms with Crippen LogP contribution in [-0.2, 0) is 6.42 Å². The summed E-state index contributed by atoms with van der Waals surface area (Å²) in [5.74, 6) is -0.191. The SMILES string of the molecule is O=C(NCCc1ccncc1)Oc1n[nH]c(NC(=O)c2ccccc2Cl)c1Br. The lowest BCUT2D eigenvalue weighted by molar-refractivity contribution is 0.102. The van der Waals surface area contributed by atoms with Gasteiger partial charge in [0.2, 0.25) is 0 Å². The van der Waals surface area contributed by atoms with E-state index in [1.807, 2.05) is 12.1 Å². The first-order chi connectivity index (χ1) is 13.5. The molecule has 10 heteroatoms. The number of pyridine rings is 1. The maximum atomic E-state index is 12.3. The number of nitrogens with one attached hydrogen (secondary N) is 3. The maximum absolute atomic E-state index is 12.3. The predicted octanol–water partition coefficient (Wildman–Crippen LogP) is 3.80. The summed E-state index contributed by atoms with van der Waals surface area (Å²) in [6.45, 7) is 0.390. The molecule has 0 saturated heterocycles. The second-order valence-corrected chi connectivity index (χ2v) is 6.77. The lowest BCUT2D eigenvalue weighted by Crippen LogP contribution is -2.29. The van der Waals surface area contributed by atoms with Gasteiger partial charge in [-0.3, -0.25) is 14.9 Å². The Labute approximate surface area is 173 Å². The van der Waals surface area contributed by atoms with Crippen LogP contribution in [0.25, 0.3) is 0 Å². The summed E-state index contributed by atoms with van der Waals surface area (Å²) < 4.78 is 5.45. The third kappa shape index (κ3) is 5.08. The number of ether oxygens (including phenoxy) is 1. The second-order valence-electron chi connectivity index (χ2n) is 5.57. The zero-order valence-corrected chi connectivity index (χ0v) is 16.8. The van der Waals surface area contributed by atoms with Crippen LogP contribution in [0.3, 0.4) is 0 Å². The fourth-order valence-electron chi connectivity index (χ4n) is 2.27. The summed E-state index contributed by atoms with van der Waals surface area (Å²) in [6.07, 6.45) is 3.35. The summed E-state index contributed by atoms with van der Waals surface area (Å²) in [5.41, 5.74) is 1.35. The molecule has 2 aromatic heterocycles. The van der Waals surface area contributed by atoms with Crippen LogP contribution >= 0.6 is 27.5 Å². The minimum atomic E-state index is -0.662. The number of anilines is 1. The molecule has 0 aliphatic rings. The van der Waals surface area contributed by atoms with Gasteiger partial charge in [-0.15, -0.1) is 5.10 Å². The van der Waals surface area contributed by atoms with Gasteiger partial charge in [0.15, 0.2) is 0 Å². The minimum Gasteiger partial charge on any atom is -0.388 e. The van der Waals surface area contributed by atoms with Gasteiger partial charge in [-0.05, 0) is 52.2 Å². The summed E-state index contributed by atoms with van der Waals surface area (Å²) in [4.78, 5) is 28.2. The molecule has 0 unspecified atom stereocenters. The van der Waals surface area contributed by atoms with Gasteiger partial charge in [-0.1, -0.05) is 23.7 Å². The smallest absolute Gasteiger partial charge is 0.388 e. The molecular weight excluding hydrogens is 450 g/mol. The molecule has 0 aliphatic carbocycles. The molecule has 2 heterocycles. The highest BCUT2D eigenvalue weighted by molar-refractivity contribution is 9.10. The Morgan fingerprint density at radius 3 is 2.68 bits per heavy atom. The molecule has 3 aromatic rings. The van der Waals surface area contributed by atoms with Crippen LogP contribution in [0, 0.1) is 0 Å². The van der Waals surface area contributed by atoms with Gasteiger partial charge in [0.25, 0.3) is 11.8 Å². The van der Waals surface area contributed by atoms with Crippen LogP contribution < -0.4 is 15.4 Å². The molecule has 28 heavy (non-hydrogen) atoms. The number of carbonyl (C=O) groups is 2. The number of halogens is 2. The van der Waals surface area contributed by atoms with Crippen LogP contribution in [0.1, 0.15) is 15.9 Å². The first kappa shape index (κ1) is 19.8. The highest BCUT2D eigenvalue weighted by Gasteiger charge is 2.18. The molecule has 2 amide bonds. The largest absolute Gasteiger partial charge is 0.414 e. The van der Waals surface area contributed by atoms with E-state index in [-0.39, 0.29) is 11.7 Å². The van der Waals surface area contributed by atoms with E-state index in [2.05, 4.69) is 41.7 Å². The van der Waals surface area contributed by atoms with Crippen molar-refractivity contribution in [3.8, 4) is 5.88 Å². The van der Waals surface area contributed by atoms with E-state index in [9.17, 15) is 9.59 Å². The van der Waals surface area contributed by atoms with Crippen LogP contribution in [0.4, 0.5) is 10.6 Å². The number of hydrogen-bond acceptors (Lipinski definition) is 5. The quantitative estimate of drug-likeness (QED) is 0.514. The lowest BCUT2D eigenvalue weighted by atomic mass is 10.2. The average Bonchev–Trinajstić information content (AvgIpc) is 3.02. The standard InChI is InChI=1S/C18H15BrClN5O3/c19-14-15(23-16(26)12-3-1-2-4-13(12)20)24-25-17(14)28-18(27)22-10-7-11-5-8-21-9-6-11/h1-6,8-9H,7,10H2,(H,22,27)(H2,23,24,25,26). The van der Waals surface area contributed by atoms with Gasteiger partial charge in [-0.2, -0.15) is 0 Å². The van der Waals surface area contributed by atoms with E-state index >= 15 is 0 Å². The van der Waals surface area contributed by atoms with Gasteiger partial charge in [0.1, 0.15) is 10.3 Å². The third-order valence-electron chi connectivity index (χ3n) is 3.66. The number of amides is 2. The fraction of sp³-hybridized carbons (Fsp3) is 0.111. The highest BCUT2D eigenvalue weighted by atomic mass is 79.9. The van der Waals surface area contributed by atoms with Crippen molar-refractivity contribution < 1.29 is 14.3 Å². The van der Waals surface area contributed by atoms with Gasteiger partial charge >= 0.3 is 6.09 Å². The normalized spacial score (nSPS) is 10.4. The highest BCUT2D eigenvalue weighted by Crippen LogP contribution is 2.30. The van der Waals surface area contributed by atoms with Gasteiger partial charge in [-0.25, -0.2) is 4.79 Å². The number of nitrogens with zero attached hydrogens (tertiary/aromatic N) is 2. The number of aromatic nitrogens is 3. The van der Waals surface area contributed by atoms with Crippen LogP contribution in [-0.4, -0.2) is 33.7 Å². The molecule has 0 fully saturated rings. The number of carbonyl (C=O) groups excluding carboxylic acids is 2. The van der Waals surface area contributed by atoms with Crippen molar-refractivity contribution in [1.29, 1.82) is 0 Å². The Morgan fingerprint density at radius 2 is 1.93 bits per heavy atom. The zero-order chi connectivity index (χ0) is 19.9. The van der Waals surface area contributed by atoms with E-state index in [4.69, 9.17) is 16.3 Å². The van der Waals surface area contributed by atoms with Crippen LogP contribution in [0.15, 0.2) is 53.3 Å². The second kappa shape index (κ2) is 9.34. The van der Waals surface area contributed by atoms with Crippen LogP contribution in [0.2, 0.25) is 5.02 Å². The average molecular weight is 465 g/mol. The molecule has 0 bridgehead atoms. The molecule has 0 aliphatic heterocycles. The van der Waals surface area contributed by atoms with Crippen molar-refractivity contribution >= 4 is 45.3 Å². The number of aromatic amines is 1. The van der Waals surface area contributed by atoms with E-state index in [0.717, 1.165) is 5.56 Å². The summed E-state index contributed by atoms with van der Waals surface area (Å²) in [7, 11) is 0. The summed E-state index contributed by atoms with van der Waals surface area (Å²) in [5, 5.41) is 12.0. The van der Waals surface area contributed by atoms with Crippen molar-refractivity contribution in [3.05, 3.63) is 69.4 Å². The van der Waals surface area contributed by atoms with Crippen molar-refractivity contribution in [2.24, 2.45) is 0 Å². The van der Waals surface area contributed by atoms with Gasteiger partial charge < -0.3 is 15.4 Å². The third-order valence-corrected chi connectivity index (χ3v) is 4.72. The number of benzene rings is 1. The zero-order valence-electron chi connectivity index (χ0n) is 14.4. The fourth-order valence-corrected chi connectivity index (χ4v) is 2.85. The van der Waals surface area contributed by atoms with Crippen molar-refractivity contribution in [1.82, 2.24) is 20.5 Å². The first-order valence-electron chi connectivity index (χ1n) is 8.19. The maximum Gasteiger partial charge on any atom is 0.414 e. The Kier molecular flexibility index (Phi) is 6.62. The molecule has 3 N–H and O–H groups in total. The van der Waals surface area contributed by atoms with Crippen molar-refractivity contribution in [2.75, 3.05) is 11.9 Å². The summed E-state index contributed by atoms with van der Waals surface area (Å²) in [6, 6.07) is 10.4. The monoisotopic (exact) mass is 463 g/mol. The minimum absolute atomic E-state index is 0.00382. The number of rotatable bonds is 6. The Morgan fingerprint density at radius 1 is 1.18 bits per heavy atom.